The molecule has 0 bridgehead atoms. The van der Waals surface area contributed by atoms with Crippen LogP contribution in [0, 0.1) is 0 Å². The fourth-order valence-electron chi connectivity index (χ4n) is 1.12. The van der Waals surface area contributed by atoms with Gasteiger partial charge in [-0.25, -0.2) is 0 Å². The predicted octanol–water partition coefficient (Wildman–Crippen LogP) is 3.01. The molecule has 0 amide bonds. The normalized spacial score (nSPS) is 12.7. The first-order valence-electron chi connectivity index (χ1n) is 3.91. The van der Waals surface area contributed by atoms with Crippen LogP contribution in [0.2, 0.25) is 0 Å². The molecule has 0 aliphatic rings. The van der Waals surface area contributed by atoms with Crippen molar-refractivity contribution >= 4 is 5.69 Å². The molecule has 0 saturated heterocycles. The average molecular weight is 244 g/mol. The molecule has 2 nitrogen and oxygen atoms in total. The summed E-state index contributed by atoms with van der Waals surface area (Å²) in [5.74, 6) is 4.82. The maximum absolute atomic E-state index is 12.3. The average Bonchev–Trinajstić information content (AvgIpc) is 2.14. The fraction of sp³-hybridized carbons (Fsp3) is 0.250. The SMILES string of the molecule is NNc1ccc(C(F)(F)F)c(C(F)(F)F)c1. The Balaban J connectivity index is 3.40. The molecule has 0 heterocycles. The lowest BCUT2D eigenvalue weighted by atomic mass is 10.1. The monoisotopic (exact) mass is 244 g/mol. The van der Waals surface area contributed by atoms with Crippen LogP contribution in [0.3, 0.4) is 0 Å². The van der Waals surface area contributed by atoms with E-state index in [1.807, 2.05) is 5.43 Å². The van der Waals surface area contributed by atoms with Crippen molar-refractivity contribution in [2.24, 2.45) is 5.84 Å². The summed E-state index contributed by atoms with van der Waals surface area (Å²) in [6, 6.07) is 1.46. The molecule has 0 atom stereocenters. The molecular formula is C8H6F6N2. The van der Waals surface area contributed by atoms with Gasteiger partial charge < -0.3 is 5.43 Å². The van der Waals surface area contributed by atoms with Crippen molar-refractivity contribution in [2.75, 3.05) is 5.43 Å². The van der Waals surface area contributed by atoms with Crippen LogP contribution in [-0.2, 0) is 12.4 Å². The largest absolute Gasteiger partial charge is 0.417 e. The van der Waals surface area contributed by atoms with E-state index in [-0.39, 0.29) is 5.69 Å². The van der Waals surface area contributed by atoms with Crippen LogP contribution in [0.15, 0.2) is 18.2 Å². The van der Waals surface area contributed by atoms with Gasteiger partial charge in [0.25, 0.3) is 0 Å². The number of nitrogen functional groups attached to an aromatic ring is 1. The highest BCUT2D eigenvalue weighted by molar-refractivity contribution is 5.49. The number of anilines is 1. The molecule has 0 aromatic heterocycles. The van der Waals surface area contributed by atoms with Crippen LogP contribution >= 0.6 is 0 Å². The van der Waals surface area contributed by atoms with E-state index in [1.54, 1.807) is 0 Å². The Morgan fingerprint density at radius 1 is 0.875 bits per heavy atom. The van der Waals surface area contributed by atoms with Gasteiger partial charge in [0, 0.05) is 5.69 Å². The third-order valence-corrected chi connectivity index (χ3v) is 1.80. The topological polar surface area (TPSA) is 38.0 Å². The first-order valence-corrected chi connectivity index (χ1v) is 3.91. The van der Waals surface area contributed by atoms with Gasteiger partial charge in [-0.15, -0.1) is 0 Å². The molecule has 0 fully saturated rings. The quantitative estimate of drug-likeness (QED) is 0.452. The summed E-state index contributed by atoms with van der Waals surface area (Å²) in [4.78, 5) is 0. The molecule has 8 heteroatoms. The van der Waals surface area contributed by atoms with Crippen LogP contribution in [-0.4, -0.2) is 0 Å². The number of hydrazine groups is 1. The van der Waals surface area contributed by atoms with Gasteiger partial charge in [-0.2, -0.15) is 26.3 Å². The summed E-state index contributed by atoms with van der Waals surface area (Å²) in [5, 5.41) is 0. The number of hydrogen-bond donors (Lipinski definition) is 2. The van der Waals surface area contributed by atoms with Crippen molar-refractivity contribution < 1.29 is 26.3 Å². The molecule has 0 spiro atoms. The number of nitrogens with two attached hydrogens (primary N) is 1. The number of hydrogen-bond acceptors (Lipinski definition) is 2. The zero-order chi connectivity index (χ0) is 12.6. The molecule has 90 valence electrons. The predicted molar refractivity (Wildman–Crippen MR) is 44.3 cm³/mol. The fourth-order valence-corrected chi connectivity index (χ4v) is 1.12. The van der Waals surface area contributed by atoms with Gasteiger partial charge in [-0.3, -0.25) is 5.84 Å². The van der Waals surface area contributed by atoms with Crippen molar-refractivity contribution in [3.63, 3.8) is 0 Å². The van der Waals surface area contributed by atoms with E-state index in [4.69, 9.17) is 5.84 Å². The minimum absolute atomic E-state index is 0.250. The lowest BCUT2D eigenvalue weighted by Crippen LogP contribution is -2.17. The first kappa shape index (κ1) is 12.6. The number of benzene rings is 1. The third-order valence-electron chi connectivity index (χ3n) is 1.80. The summed E-state index contributed by atoms with van der Waals surface area (Å²) in [7, 11) is 0. The summed E-state index contributed by atoms with van der Waals surface area (Å²) >= 11 is 0. The lowest BCUT2D eigenvalue weighted by molar-refractivity contribution is -0.162. The molecule has 1 aromatic carbocycles. The highest BCUT2D eigenvalue weighted by Gasteiger charge is 2.42. The standard InChI is InChI=1S/C8H6F6N2/c9-7(10,11)5-2-1-4(16-15)3-6(5)8(12,13)14/h1-3,16H,15H2. The summed E-state index contributed by atoms with van der Waals surface area (Å²) in [6.45, 7) is 0. The van der Waals surface area contributed by atoms with Crippen LogP contribution in [0.1, 0.15) is 11.1 Å². The Labute approximate surface area is 86.0 Å². The summed E-state index contributed by atoms with van der Waals surface area (Å²) < 4.78 is 73.8. The maximum atomic E-state index is 12.3. The second-order valence-corrected chi connectivity index (χ2v) is 2.90. The van der Waals surface area contributed by atoms with E-state index >= 15 is 0 Å². The Morgan fingerprint density at radius 2 is 1.38 bits per heavy atom. The number of halogens is 6. The Hall–Kier alpha value is -1.44. The highest BCUT2D eigenvalue weighted by atomic mass is 19.4. The zero-order valence-electron chi connectivity index (χ0n) is 7.58. The molecule has 0 aliphatic heterocycles. The van der Waals surface area contributed by atoms with E-state index in [9.17, 15) is 26.3 Å². The van der Waals surface area contributed by atoms with Crippen molar-refractivity contribution in [3.8, 4) is 0 Å². The maximum Gasteiger partial charge on any atom is 0.417 e. The minimum atomic E-state index is -5.09. The van der Waals surface area contributed by atoms with Gasteiger partial charge >= 0.3 is 12.4 Å². The second kappa shape index (κ2) is 3.85. The van der Waals surface area contributed by atoms with Gasteiger partial charge in [0.1, 0.15) is 0 Å². The van der Waals surface area contributed by atoms with Gasteiger partial charge in [-0.05, 0) is 18.2 Å². The van der Waals surface area contributed by atoms with E-state index in [2.05, 4.69) is 0 Å². The van der Waals surface area contributed by atoms with Crippen LogP contribution in [0.4, 0.5) is 32.0 Å². The zero-order valence-corrected chi connectivity index (χ0v) is 7.58. The molecule has 1 rings (SSSR count). The first-order chi connectivity index (χ1) is 7.16. The molecule has 16 heavy (non-hydrogen) atoms. The second-order valence-electron chi connectivity index (χ2n) is 2.90. The Bertz CT molecular complexity index is 381. The van der Waals surface area contributed by atoms with Crippen LogP contribution in [0.25, 0.3) is 0 Å². The highest BCUT2D eigenvalue weighted by Crippen LogP contribution is 2.41. The van der Waals surface area contributed by atoms with Crippen molar-refractivity contribution in [1.82, 2.24) is 0 Å². The molecule has 3 N–H and O–H groups in total. The van der Waals surface area contributed by atoms with E-state index in [0.717, 1.165) is 6.07 Å². The molecule has 0 radical (unpaired) electrons. The molecule has 1 aromatic rings. The minimum Gasteiger partial charge on any atom is -0.324 e. The van der Waals surface area contributed by atoms with E-state index < -0.39 is 23.5 Å². The van der Waals surface area contributed by atoms with Gasteiger partial charge in [0.15, 0.2) is 0 Å². The Kier molecular flexibility index (Phi) is 3.04. The molecule has 0 aliphatic carbocycles. The van der Waals surface area contributed by atoms with Gasteiger partial charge in [-0.1, -0.05) is 0 Å². The molecule has 0 unspecified atom stereocenters. The van der Waals surface area contributed by atoms with Crippen LogP contribution in [0.5, 0.6) is 0 Å². The number of rotatable bonds is 1. The smallest absolute Gasteiger partial charge is 0.324 e. The van der Waals surface area contributed by atoms with E-state index in [1.165, 1.54) is 0 Å². The summed E-state index contributed by atoms with van der Waals surface area (Å²) in [6.07, 6.45) is -10.1. The molecule has 0 saturated carbocycles. The van der Waals surface area contributed by atoms with E-state index in [0.29, 0.717) is 12.1 Å². The number of alkyl halides is 6. The molecular weight excluding hydrogens is 238 g/mol. The van der Waals surface area contributed by atoms with Crippen molar-refractivity contribution in [2.45, 2.75) is 12.4 Å². The third kappa shape index (κ3) is 2.57. The van der Waals surface area contributed by atoms with Gasteiger partial charge in [0.2, 0.25) is 0 Å². The Morgan fingerprint density at radius 3 is 1.75 bits per heavy atom. The van der Waals surface area contributed by atoms with Crippen molar-refractivity contribution in [3.05, 3.63) is 29.3 Å². The van der Waals surface area contributed by atoms with Crippen molar-refractivity contribution in [1.29, 1.82) is 0 Å². The number of nitrogens with one attached hydrogen (secondary N) is 1. The van der Waals surface area contributed by atoms with Gasteiger partial charge in [0.05, 0.1) is 11.1 Å². The van der Waals surface area contributed by atoms with Crippen LogP contribution < -0.4 is 11.3 Å². The summed E-state index contributed by atoms with van der Waals surface area (Å²) in [5.41, 5.74) is -1.90. The lowest BCUT2D eigenvalue weighted by Gasteiger charge is -2.16.